The van der Waals surface area contributed by atoms with E-state index in [-0.39, 0.29) is 10.7 Å². The van der Waals surface area contributed by atoms with Gasteiger partial charge in [0.15, 0.2) is 5.11 Å². The second kappa shape index (κ2) is 6.32. The van der Waals surface area contributed by atoms with Crippen molar-refractivity contribution in [3.05, 3.63) is 47.6 Å². The number of allylic oxidation sites excluding steroid dienone is 2. The van der Waals surface area contributed by atoms with Gasteiger partial charge < -0.3 is 4.90 Å². The predicted molar refractivity (Wildman–Crippen MR) is 86.8 cm³/mol. The number of carbonyl (C=O) groups is 2. The SMILES string of the molecule is CN(C)c1ccccc1C=CC=C1C(=O)NC(=S)NC1=O. The molecule has 0 bridgehead atoms. The van der Waals surface area contributed by atoms with Gasteiger partial charge in [0.2, 0.25) is 0 Å². The summed E-state index contributed by atoms with van der Waals surface area (Å²) in [6, 6.07) is 7.83. The van der Waals surface area contributed by atoms with Crippen LogP contribution in [0.5, 0.6) is 0 Å². The Hall–Kier alpha value is -2.47. The normalized spacial score (nSPS) is 15.0. The van der Waals surface area contributed by atoms with Gasteiger partial charge in [-0.25, -0.2) is 0 Å². The predicted octanol–water partition coefficient (Wildman–Crippen LogP) is 1.22. The zero-order chi connectivity index (χ0) is 15.4. The molecule has 0 saturated carbocycles. The van der Waals surface area contributed by atoms with Gasteiger partial charge in [0.25, 0.3) is 11.8 Å². The van der Waals surface area contributed by atoms with Crippen LogP contribution in [-0.2, 0) is 9.59 Å². The Morgan fingerprint density at radius 3 is 2.33 bits per heavy atom. The van der Waals surface area contributed by atoms with Crippen molar-refractivity contribution < 1.29 is 9.59 Å². The number of amides is 2. The van der Waals surface area contributed by atoms with Crippen LogP contribution in [0.15, 0.2) is 42.0 Å². The molecule has 2 rings (SSSR count). The number of nitrogens with zero attached hydrogens (tertiary/aromatic N) is 1. The summed E-state index contributed by atoms with van der Waals surface area (Å²) in [7, 11) is 3.90. The zero-order valence-corrected chi connectivity index (χ0v) is 12.5. The van der Waals surface area contributed by atoms with Crippen molar-refractivity contribution in [3.8, 4) is 0 Å². The summed E-state index contributed by atoms with van der Waals surface area (Å²) in [5.41, 5.74) is 2.07. The summed E-state index contributed by atoms with van der Waals surface area (Å²) >= 11 is 4.73. The molecule has 0 aromatic heterocycles. The second-order valence-corrected chi connectivity index (χ2v) is 5.04. The van der Waals surface area contributed by atoms with Crippen molar-refractivity contribution in [2.45, 2.75) is 0 Å². The number of para-hydroxylation sites is 1. The quantitative estimate of drug-likeness (QED) is 0.501. The van der Waals surface area contributed by atoms with Crippen molar-refractivity contribution in [3.63, 3.8) is 0 Å². The Labute approximate surface area is 128 Å². The fourth-order valence-corrected chi connectivity index (χ4v) is 2.10. The van der Waals surface area contributed by atoms with Crippen molar-refractivity contribution >= 4 is 40.9 Å². The largest absolute Gasteiger partial charge is 0.377 e. The summed E-state index contributed by atoms with van der Waals surface area (Å²) in [5, 5.41) is 4.81. The molecule has 2 N–H and O–H groups in total. The first kappa shape index (κ1) is 14.9. The number of benzene rings is 1. The first-order valence-electron chi connectivity index (χ1n) is 6.30. The summed E-state index contributed by atoms with van der Waals surface area (Å²) in [6.45, 7) is 0. The van der Waals surface area contributed by atoms with E-state index in [9.17, 15) is 9.59 Å². The minimum absolute atomic E-state index is 0.0298. The lowest BCUT2D eigenvalue weighted by molar-refractivity contribution is -0.123. The van der Waals surface area contributed by atoms with E-state index in [1.807, 2.05) is 49.3 Å². The van der Waals surface area contributed by atoms with Crippen LogP contribution in [0.2, 0.25) is 0 Å². The number of anilines is 1. The highest BCUT2D eigenvalue weighted by molar-refractivity contribution is 7.80. The number of hydrogen-bond acceptors (Lipinski definition) is 4. The van der Waals surface area contributed by atoms with E-state index in [0.717, 1.165) is 11.3 Å². The molecular weight excluding hydrogens is 286 g/mol. The van der Waals surface area contributed by atoms with Crippen LogP contribution < -0.4 is 15.5 Å². The summed E-state index contributed by atoms with van der Waals surface area (Å²) in [5.74, 6) is -0.983. The highest BCUT2D eigenvalue weighted by Crippen LogP contribution is 2.19. The zero-order valence-electron chi connectivity index (χ0n) is 11.7. The fourth-order valence-electron chi connectivity index (χ4n) is 1.91. The minimum atomic E-state index is -0.491. The topological polar surface area (TPSA) is 61.4 Å². The Morgan fingerprint density at radius 2 is 1.71 bits per heavy atom. The molecule has 0 atom stereocenters. The van der Waals surface area contributed by atoms with Gasteiger partial charge in [-0.15, -0.1) is 0 Å². The number of thiocarbonyl (C=S) groups is 1. The van der Waals surface area contributed by atoms with Crippen LogP contribution in [0.3, 0.4) is 0 Å². The molecule has 6 heteroatoms. The van der Waals surface area contributed by atoms with Crippen LogP contribution in [0.25, 0.3) is 6.08 Å². The molecule has 1 aromatic rings. The molecule has 0 spiro atoms. The van der Waals surface area contributed by atoms with Gasteiger partial charge in [0.05, 0.1) is 0 Å². The van der Waals surface area contributed by atoms with Crippen LogP contribution in [0.4, 0.5) is 5.69 Å². The lowest BCUT2D eigenvalue weighted by Crippen LogP contribution is -2.51. The lowest BCUT2D eigenvalue weighted by Gasteiger charge is -2.16. The fraction of sp³-hybridized carbons (Fsp3) is 0.133. The average Bonchev–Trinajstić information content (AvgIpc) is 2.42. The third-order valence-corrected chi connectivity index (χ3v) is 3.10. The number of hydrogen-bond donors (Lipinski definition) is 2. The van der Waals surface area contributed by atoms with Crippen LogP contribution in [0, 0.1) is 0 Å². The maximum Gasteiger partial charge on any atom is 0.263 e. The molecule has 108 valence electrons. The maximum absolute atomic E-state index is 11.7. The molecule has 5 nitrogen and oxygen atoms in total. The maximum atomic E-state index is 11.7. The molecule has 0 aliphatic carbocycles. The Bertz CT molecular complexity index is 641. The van der Waals surface area contributed by atoms with E-state index in [4.69, 9.17) is 12.2 Å². The molecule has 1 fully saturated rings. The van der Waals surface area contributed by atoms with Gasteiger partial charge in [0, 0.05) is 19.8 Å². The third kappa shape index (κ3) is 3.55. The molecule has 1 aromatic carbocycles. The minimum Gasteiger partial charge on any atom is -0.377 e. The monoisotopic (exact) mass is 301 g/mol. The molecule has 2 amide bonds. The Kier molecular flexibility index (Phi) is 4.49. The van der Waals surface area contributed by atoms with Gasteiger partial charge in [-0.1, -0.05) is 30.4 Å². The Balaban J connectivity index is 2.22. The standard InChI is InChI=1S/C15H15N3O2S/c1-18(2)12-9-4-3-6-10(12)7-5-8-11-13(19)16-15(21)17-14(11)20/h3-9H,1-2H3,(H2,16,17,19,20,21). The number of carbonyl (C=O) groups excluding carboxylic acids is 2. The van der Waals surface area contributed by atoms with Gasteiger partial charge in [0.1, 0.15) is 5.57 Å². The molecule has 1 aliphatic rings. The van der Waals surface area contributed by atoms with Crippen LogP contribution in [-0.4, -0.2) is 31.0 Å². The van der Waals surface area contributed by atoms with Crippen molar-refractivity contribution in [2.75, 3.05) is 19.0 Å². The van der Waals surface area contributed by atoms with Crippen LogP contribution in [0.1, 0.15) is 5.56 Å². The van der Waals surface area contributed by atoms with E-state index in [2.05, 4.69) is 10.6 Å². The van der Waals surface area contributed by atoms with Crippen molar-refractivity contribution in [1.29, 1.82) is 0 Å². The van der Waals surface area contributed by atoms with E-state index in [0.29, 0.717) is 0 Å². The van der Waals surface area contributed by atoms with E-state index in [1.54, 1.807) is 6.08 Å². The summed E-state index contributed by atoms with van der Waals surface area (Å²) in [6.07, 6.45) is 4.99. The summed E-state index contributed by atoms with van der Waals surface area (Å²) in [4.78, 5) is 25.3. The molecular formula is C15H15N3O2S. The average molecular weight is 301 g/mol. The van der Waals surface area contributed by atoms with E-state index < -0.39 is 11.8 Å². The van der Waals surface area contributed by atoms with E-state index in [1.165, 1.54) is 6.08 Å². The lowest BCUT2D eigenvalue weighted by atomic mass is 10.1. The summed E-state index contributed by atoms with van der Waals surface area (Å²) < 4.78 is 0. The van der Waals surface area contributed by atoms with Gasteiger partial charge in [-0.3, -0.25) is 20.2 Å². The first-order chi connectivity index (χ1) is 9.99. The molecule has 21 heavy (non-hydrogen) atoms. The highest BCUT2D eigenvalue weighted by Gasteiger charge is 2.24. The van der Waals surface area contributed by atoms with Gasteiger partial charge >= 0.3 is 0 Å². The van der Waals surface area contributed by atoms with Gasteiger partial charge in [-0.2, -0.15) is 0 Å². The smallest absolute Gasteiger partial charge is 0.263 e. The Morgan fingerprint density at radius 1 is 1.10 bits per heavy atom. The molecule has 0 radical (unpaired) electrons. The third-order valence-electron chi connectivity index (χ3n) is 2.90. The number of rotatable bonds is 3. The van der Waals surface area contributed by atoms with Crippen LogP contribution >= 0.6 is 12.2 Å². The second-order valence-electron chi connectivity index (χ2n) is 4.63. The molecule has 1 saturated heterocycles. The van der Waals surface area contributed by atoms with E-state index >= 15 is 0 Å². The highest BCUT2D eigenvalue weighted by atomic mass is 32.1. The molecule has 0 unspecified atom stereocenters. The first-order valence-corrected chi connectivity index (χ1v) is 6.71. The number of nitrogens with one attached hydrogen (secondary N) is 2. The molecule has 1 aliphatic heterocycles. The van der Waals surface area contributed by atoms with Crippen molar-refractivity contribution in [2.24, 2.45) is 0 Å². The van der Waals surface area contributed by atoms with Gasteiger partial charge in [-0.05, 0) is 29.9 Å². The molecule has 1 heterocycles. The van der Waals surface area contributed by atoms with Crippen molar-refractivity contribution in [1.82, 2.24) is 10.6 Å².